The van der Waals surface area contributed by atoms with Crippen molar-refractivity contribution in [1.82, 2.24) is 0 Å². The SMILES string of the molecule is COc1ccc(Cl)cc1COC(=O)CN. The van der Waals surface area contributed by atoms with E-state index in [1.807, 2.05) is 0 Å². The van der Waals surface area contributed by atoms with Crippen molar-refractivity contribution >= 4 is 17.6 Å². The summed E-state index contributed by atoms with van der Waals surface area (Å²) in [7, 11) is 1.54. The van der Waals surface area contributed by atoms with E-state index >= 15 is 0 Å². The molecule has 0 saturated heterocycles. The Bertz CT molecular complexity index is 355. The third kappa shape index (κ3) is 3.42. The van der Waals surface area contributed by atoms with E-state index in [4.69, 9.17) is 26.8 Å². The molecule has 1 rings (SSSR count). The van der Waals surface area contributed by atoms with E-state index in [-0.39, 0.29) is 13.2 Å². The number of rotatable bonds is 4. The maximum absolute atomic E-state index is 10.8. The molecule has 0 radical (unpaired) electrons. The van der Waals surface area contributed by atoms with Crippen LogP contribution >= 0.6 is 11.6 Å². The van der Waals surface area contributed by atoms with Crippen LogP contribution in [0.4, 0.5) is 0 Å². The van der Waals surface area contributed by atoms with Crippen LogP contribution in [0.5, 0.6) is 5.75 Å². The molecule has 0 aliphatic heterocycles. The Hall–Kier alpha value is -1.26. The molecule has 15 heavy (non-hydrogen) atoms. The molecule has 0 aliphatic rings. The molecule has 1 aromatic carbocycles. The lowest BCUT2D eigenvalue weighted by Crippen LogP contribution is -2.16. The lowest BCUT2D eigenvalue weighted by Gasteiger charge is -2.09. The van der Waals surface area contributed by atoms with Crippen LogP contribution in [0.15, 0.2) is 18.2 Å². The molecule has 0 aromatic heterocycles. The molecule has 0 fully saturated rings. The molecule has 0 atom stereocenters. The van der Waals surface area contributed by atoms with Gasteiger partial charge in [-0.15, -0.1) is 0 Å². The van der Waals surface area contributed by atoms with Crippen molar-refractivity contribution in [2.75, 3.05) is 13.7 Å². The molecule has 0 aliphatic carbocycles. The summed E-state index contributed by atoms with van der Waals surface area (Å²) in [6, 6.07) is 5.10. The molecule has 0 bridgehead atoms. The number of halogens is 1. The monoisotopic (exact) mass is 229 g/mol. The van der Waals surface area contributed by atoms with Gasteiger partial charge in [0, 0.05) is 10.6 Å². The van der Waals surface area contributed by atoms with E-state index in [1.54, 1.807) is 18.2 Å². The first-order chi connectivity index (χ1) is 7.17. The smallest absolute Gasteiger partial charge is 0.320 e. The molecule has 82 valence electrons. The van der Waals surface area contributed by atoms with Crippen LogP contribution in [0.25, 0.3) is 0 Å². The number of ether oxygens (including phenoxy) is 2. The number of methoxy groups -OCH3 is 1. The van der Waals surface area contributed by atoms with Crippen molar-refractivity contribution in [1.29, 1.82) is 0 Å². The lowest BCUT2D eigenvalue weighted by atomic mass is 10.2. The number of nitrogens with two attached hydrogens (primary N) is 1. The topological polar surface area (TPSA) is 61.5 Å². The van der Waals surface area contributed by atoms with Gasteiger partial charge in [0.15, 0.2) is 0 Å². The first-order valence-electron chi connectivity index (χ1n) is 4.35. The Labute approximate surface area is 92.9 Å². The molecule has 0 saturated carbocycles. The van der Waals surface area contributed by atoms with Crippen molar-refractivity contribution in [3.05, 3.63) is 28.8 Å². The molecule has 1 aromatic rings. The van der Waals surface area contributed by atoms with Gasteiger partial charge in [-0.1, -0.05) is 11.6 Å². The highest BCUT2D eigenvalue weighted by atomic mass is 35.5. The largest absolute Gasteiger partial charge is 0.496 e. The van der Waals surface area contributed by atoms with Gasteiger partial charge in [-0.05, 0) is 18.2 Å². The number of esters is 1. The van der Waals surface area contributed by atoms with E-state index in [2.05, 4.69) is 0 Å². The summed E-state index contributed by atoms with van der Waals surface area (Å²) >= 11 is 5.80. The standard InChI is InChI=1S/C10H12ClNO3/c1-14-9-3-2-8(11)4-7(9)6-15-10(13)5-12/h2-4H,5-6,12H2,1H3. The van der Waals surface area contributed by atoms with E-state index in [1.165, 1.54) is 7.11 Å². The Morgan fingerprint density at radius 2 is 2.27 bits per heavy atom. The second kappa shape index (κ2) is 5.58. The lowest BCUT2D eigenvalue weighted by molar-refractivity contribution is -0.143. The third-order valence-electron chi connectivity index (χ3n) is 1.80. The Morgan fingerprint density at radius 1 is 1.53 bits per heavy atom. The minimum atomic E-state index is -0.461. The van der Waals surface area contributed by atoms with E-state index in [0.29, 0.717) is 16.3 Å². The van der Waals surface area contributed by atoms with Crippen molar-refractivity contribution < 1.29 is 14.3 Å². The fourth-order valence-electron chi connectivity index (χ4n) is 1.08. The van der Waals surface area contributed by atoms with Crippen molar-refractivity contribution in [3.8, 4) is 5.75 Å². The van der Waals surface area contributed by atoms with Crippen LogP contribution in [-0.4, -0.2) is 19.6 Å². The van der Waals surface area contributed by atoms with E-state index < -0.39 is 5.97 Å². The summed E-state index contributed by atoms with van der Waals surface area (Å²) in [4.78, 5) is 10.8. The van der Waals surface area contributed by atoms with Gasteiger partial charge >= 0.3 is 5.97 Å². The van der Waals surface area contributed by atoms with Gasteiger partial charge in [-0.3, -0.25) is 4.79 Å². The average Bonchev–Trinajstić information content (AvgIpc) is 2.26. The van der Waals surface area contributed by atoms with Crippen molar-refractivity contribution in [2.45, 2.75) is 6.61 Å². The second-order valence-corrected chi connectivity index (χ2v) is 3.26. The van der Waals surface area contributed by atoms with Crippen molar-refractivity contribution in [3.63, 3.8) is 0 Å². The van der Waals surface area contributed by atoms with Crippen LogP contribution in [-0.2, 0) is 16.1 Å². The maximum atomic E-state index is 10.8. The molecule has 0 heterocycles. The minimum absolute atomic E-state index is 0.111. The summed E-state index contributed by atoms with van der Waals surface area (Å²) in [5.74, 6) is 0.168. The summed E-state index contributed by atoms with van der Waals surface area (Å²) < 4.78 is 9.96. The van der Waals surface area contributed by atoms with E-state index in [0.717, 1.165) is 0 Å². The normalized spacial score (nSPS) is 9.80. The maximum Gasteiger partial charge on any atom is 0.320 e. The molecule has 0 spiro atoms. The fraction of sp³-hybridized carbons (Fsp3) is 0.300. The number of hydrogen-bond acceptors (Lipinski definition) is 4. The quantitative estimate of drug-likeness (QED) is 0.792. The average molecular weight is 230 g/mol. The van der Waals surface area contributed by atoms with Gasteiger partial charge in [0.1, 0.15) is 12.4 Å². The highest BCUT2D eigenvalue weighted by molar-refractivity contribution is 6.30. The predicted molar refractivity (Wildman–Crippen MR) is 56.9 cm³/mol. The molecule has 4 nitrogen and oxygen atoms in total. The molecular formula is C10H12ClNO3. The summed E-state index contributed by atoms with van der Waals surface area (Å²) in [5, 5.41) is 0.564. The Morgan fingerprint density at radius 3 is 2.87 bits per heavy atom. The van der Waals surface area contributed by atoms with Gasteiger partial charge in [0.2, 0.25) is 0 Å². The Balaban J connectivity index is 2.74. The minimum Gasteiger partial charge on any atom is -0.496 e. The van der Waals surface area contributed by atoms with Gasteiger partial charge in [0.25, 0.3) is 0 Å². The fourth-order valence-corrected chi connectivity index (χ4v) is 1.27. The summed E-state index contributed by atoms with van der Waals surface area (Å²) in [5.41, 5.74) is 5.82. The molecule has 2 N–H and O–H groups in total. The number of carbonyl (C=O) groups excluding carboxylic acids is 1. The zero-order chi connectivity index (χ0) is 11.3. The molecular weight excluding hydrogens is 218 g/mol. The second-order valence-electron chi connectivity index (χ2n) is 2.82. The van der Waals surface area contributed by atoms with Crippen LogP contribution in [0.3, 0.4) is 0 Å². The van der Waals surface area contributed by atoms with Crippen LogP contribution in [0, 0.1) is 0 Å². The number of benzene rings is 1. The van der Waals surface area contributed by atoms with Crippen molar-refractivity contribution in [2.24, 2.45) is 5.73 Å². The van der Waals surface area contributed by atoms with Gasteiger partial charge in [-0.2, -0.15) is 0 Å². The number of carbonyl (C=O) groups is 1. The molecule has 0 amide bonds. The molecule has 0 unspecified atom stereocenters. The zero-order valence-corrected chi connectivity index (χ0v) is 9.08. The first-order valence-corrected chi connectivity index (χ1v) is 4.73. The van der Waals surface area contributed by atoms with Crippen LogP contribution in [0.2, 0.25) is 5.02 Å². The predicted octanol–water partition coefficient (Wildman–Crippen LogP) is 1.35. The summed E-state index contributed by atoms with van der Waals surface area (Å²) in [6.07, 6.45) is 0. The van der Waals surface area contributed by atoms with E-state index in [9.17, 15) is 4.79 Å². The zero-order valence-electron chi connectivity index (χ0n) is 8.33. The van der Waals surface area contributed by atoms with Gasteiger partial charge < -0.3 is 15.2 Å². The first kappa shape index (κ1) is 11.8. The highest BCUT2D eigenvalue weighted by Crippen LogP contribution is 2.23. The summed E-state index contributed by atoms with van der Waals surface area (Å²) in [6.45, 7) is -0.0252. The highest BCUT2D eigenvalue weighted by Gasteiger charge is 2.06. The van der Waals surface area contributed by atoms with Crippen LogP contribution < -0.4 is 10.5 Å². The third-order valence-corrected chi connectivity index (χ3v) is 2.03. The van der Waals surface area contributed by atoms with Gasteiger partial charge in [-0.25, -0.2) is 0 Å². The Kier molecular flexibility index (Phi) is 4.39. The van der Waals surface area contributed by atoms with Gasteiger partial charge in [0.05, 0.1) is 13.7 Å². The van der Waals surface area contributed by atoms with Crippen LogP contribution in [0.1, 0.15) is 5.56 Å². The number of hydrogen-bond donors (Lipinski definition) is 1. The molecule has 5 heteroatoms.